The first kappa shape index (κ1) is 23.8. The lowest BCUT2D eigenvalue weighted by Gasteiger charge is -2.22. The zero-order chi connectivity index (χ0) is 24.1. The fourth-order valence-corrected chi connectivity index (χ4v) is 4.32. The number of hydrogen-bond donors (Lipinski definition) is 1. The van der Waals surface area contributed by atoms with Crippen molar-refractivity contribution in [2.45, 2.75) is 52.7 Å². The van der Waals surface area contributed by atoms with Gasteiger partial charge in [0.25, 0.3) is 0 Å². The maximum absolute atomic E-state index is 6.07. The van der Waals surface area contributed by atoms with Crippen LogP contribution in [0.4, 0.5) is 11.8 Å². The van der Waals surface area contributed by atoms with Crippen molar-refractivity contribution in [1.82, 2.24) is 24.9 Å². The molecule has 180 valence electrons. The van der Waals surface area contributed by atoms with E-state index >= 15 is 0 Å². The van der Waals surface area contributed by atoms with E-state index in [-0.39, 0.29) is 12.1 Å². The SMILES string of the molecule is CCO[C@H]1CN(c2ncccn2)C[C@H]1Nc1nc(CC)c(-c2ccc(OC)nc2C)nc1CC. The van der Waals surface area contributed by atoms with Gasteiger partial charge in [0.2, 0.25) is 11.8 Å². The highest BCUT2D eigenvalue weighted by Gasteiger charge is 2.35. The van der Waals surface area contributed by atoms with Crippen LogP contribution < -0.4 is 15.0 Å². The standard InChI is InChI=1S/C25H33N7O2/c1-6-18-23(17-10-11-22(33-5)28-16(17)4)29-19(7-2)24(30-18)31-20-14-32(15-21(20)34-8-3)25-26-12-9-13-27-25/h9-13,20-21H,6-8,14-15H2,1-5H3,(H,30,31)/t20-,21+/m1/s1. The lowest BCUT2D eigenvalue weighted by atomic mass is 10.1. The Morgan fingerprint density at radius 1 is 1.00 bits per heavy atom. The topological polar surface area (TPSA) is 98.2 Å². The van der Waals surface area contributed by atoms with Crippen molar-refractivity contribution in [3.8, 4) is 17.1 Å². The predicted molar refractivity (Wildman–Crippen MR) is 132 cm³/mol. The summed E-state index contributed by atoms with van der Waals surface area (Å²) in [6.07, 6.45) is 5.05. The van der Waals surface area contributed by atoms with Crippen LogP contribution in [0.15, 0.2) is 30.6 Å². The lowest BCUT2D eigenvalue weighted by Crippen LogP contribution is -2.35. The van der Waals surface area contributed by atoms with Gasteiger partial charge in [0, 0.05) is 43.7 Å². The zero-order valence-electron chi connectivity index (χ0n) is 20.6. The minimum atomic E-state index is -0.00176. The number of aromatic nitrogens is 5. The Morgan fingerprint density at radius 3 is 2.41 bits per heavy atom. The number of rotatable bonds is 9. The molecule has 0 unspecified atom stereocenters. The molecule has 9 nitrogen and oxygen atoms in total. The van der Waals surface area contributed by atoms with Gasteiger partial charge in [0.05, 0.1) is 42.0 Å². The molecule has 1 N–H and O–H groups in total. The Kier molecular flexibility index (Phi) is 7.52. The summed E-state index contributed by atoms with van der Waals surface area (Å²) in [5, 5.41) is 3.65. The van der Waals surface area contributed by atoms with E-state index in [1.165, 1.54) is 0 Å². The van der Waals surface area contributed by atoms with E-state index in [2.05, 4.69) is 39.0 Å². The number of ether oxygens (including phenoxy) is 2. The van der Waals surface area contributed by atoms with Gasteiger partial charge in [-0.05, 0) is 38.8 Å². The maximum Gasteiger partial charge on any atom is 0.225 e. The number of hydrogen-bond acceptors (Lipinski definition) is 9. The normalized spacial score (nSPS) is 17.7. The second-order valence-electron chi connectivity index (χ2n) is 8.21. The van der Waals surface area contributed by atoms with Crippen LogP contribution in [0.2, 0.25) is 0 Å². The molecule has 34 heavy (non-hydrogen) atoms. The molecule has 0 aliphatic carbocycles. The summed E-state index contributed by atoms with van der Waals surface area (Å²) in [5.74, 6) is 2.12. The molecule has 1 fully saturated rings. The summed E-state index contributed by atoms with van der Waals surface area (Å²) < 4.78 is 11.3. The van der Waals surface area contributed by atoms with Crippen molar-refractivity contribution < 1.29 is 9.47 Å². The van der Waals surface area contributed by atoms with Gasteiger partial charge in [0.15, 0.2) is 0 Å². The molecule has 1 saturated heterocycles. The number of nitrogens with one attached hydrogen (secondary N) is 1. The molecule has 1 aliphatic rings. The first-order chi connectivity index (χ1) is 16.6. The summed E-state index contributed by atoms with van der Waals surface area (Å²) in [5.41, 5.74) is 4.59. The summed E-state index contributed by atoms with van der Waals surface area (Å²) in [4.78, 5) is 25.6. The molecule has 0 saturated carbocycles. The highest BCUT2D eigenvalue weighted by molar-refractivity contribution is 5.66. The smallest absolute Gasteiger partial charge is 0.225 e. The Balaban J connectivity index is 1.65. The Hall–Kier alpha value is -3.33. The van der Waals surface area contributed by atoms with Crippen LogP contribution in [-0.4, -0.2) is 63.9 Å². The molecule has 9 heteroatoms. The number of anilines is 2. The van der Waals surface area contributed by atoms with Crippen LogP contribution in [-0.2, 0) is 17.6 Å². The van der Waals surface area contributed by atoms with E-state index in [9.17, 15) is 0 Å². The van der Waals surface area contributed by atoms with Crippen molar-refractivity contribution in [3.05, 3.63) is 47.7 Å². The van der Waals surface area contributed by atoms with Gasteiger partial charge in [-0.15, -0.1) is 0 Å². The molecular weight excluding hydrogens is 430 g/mol. The van der Waals surface area contributed by atoms with Crippen molar-refractivity contribution in [3.63, 3.8) is 0 Å². The maximum atomic E-state index is 6.07. The number of pyridine rings is 1. The van der Waals surface area contributed by atoms with Gasteiger partial charge in [-0.25, -0.2) is 24.9 Å². The monoisotopic (exact) mass is 463 g/mol. The molecule has 3 aromatic heterocycles. The first-order valence-electron chi connectivity index (χ1n) is 11.9. The zero-order valence-corrected chi connectivity index (χ0v) is 20.6. The second-order valence-corrected chi connectivity index (χ2v) is 8.21. The Labute approximate surface area is 201 Å². The molecule has 0 radical (unpaired) electrons. The van der Waals surface area contributed by atoms with Gasteiger partial charge < -0.3 is 19.7 Å². The minimum Gasteiger partial charge on any atom is -0.481 e. The van der Waals surface area contributed by atoms with Crippen molar-refractivity contribution in [1.29, 1.82) is 0 Å². The fraction of sp³-hybridized carbons (Fsp3) is 0.480. The van der Waals surface area contributed by atoms with Crippen molar-refractivity contribution >= 4 is 11.8 Å². The minimum absolute atomic E-state index is 0.00176. The number of methoxy groups -OCH3 is 1. The molecule has 2 atom stereocenters. The highest BCUT2D eigenvalue weighted by atomic mass is 16.5. The van der Waals surface area contributed by atoms with E-state index < -0.39 is 0 Å². The molecule has 0 amide bonds. The molecule has 1 aliphatic heterocycles. The van der Waals surface area contributed by atoms with Gasteiger partial charge in [-0.3, -0.25) is 0 Å². The molecule has 3 aromatic rings. The van der Waals surface area contributed by atoms with Gasteiger partial charge in [-0.1, -0.05) is 13.8 Å². The molecular formula is C25H33N7O2. The van der Waals surface area contributed by atoms with Gasteiger partial charge >= 0.3 is 0 Å². The average Bonchev–Trinajstić information content (AvgIpc) is 3.26. The molecule has 0 bridgehead atoms. The Bertz CT molecular complexity index is 1110. The van der Waals surface area contributed by atoms with Crippen molar-refractivity contribution in [2.75, 3.05) is 37.0 Å². The Morgan fingerprint density at radius 2 is 1.76 bits per heavy atom. The van der Waals surface area contributed by atoms with Crippen LogP contribution >= 0.6 is 0 Å². The van der Waals surface area contributed by atoms with Crippen LogP contribution in [0.3, 0.4) is 0 Å². The van der Waals surface area contributed by atoms with E-state index in [4.69, 9.17) is 19.4 Å². The predicted octanol–water partition coefficient (Wildman–Crippen LogP) is 3.48. The second kappa shape index (κ2) is 10.7. The van der Waals surface area contributed by atoms with Gasteiger partial charge in [0.1, 0.15) is 5.82 Å². The third kappa shape index (κ3) is 4.94. The van der Waals surface area contributed by atoms with E-state index in [1.807, 2.05) is 32.0 Å². The molecule has 0 spiro atoms. The third-order valence-corrected chi connectivity index (χ3v) is 6.04. The highest BCUT2D eigenvalue weighted by Crippen LogP contribution is 2.29. The molecule has 4 heterocycles. The summed E-state index contributed by atoms with van der Waals surface area (Å²) in [6.45, 7) is 10.3. The summed E-state index contributed by atoms with van der Waals surface area (Å²) in [7, 11) is 1.62. The average molecular weight is 464 g/mol. The van der Waals surface area contributed by atoms with Crippen LogP contribution in [0, 0.1) is 6.92 Å². The van der Waals surface area contributed by atoms with E-state index in [1.54, 1.807) is 19.5 Å². The lowest BCUT2D eigenvalue weighted by molar-refractivity contribution is 0.0719. The van der Waals surface area contributed by atoms with Crippen LogP contribution in [0.25, 0.3) is 11.3 Å². The summed E-state index contributed by atoms with van der Waals surface area (Å²) >= 11 is 0. The summed E-state index contributed by atoms with van der Waals surface area (Å²) in [6, 6.07) is 5.75. The van der Waals surface area contributed by atoms with E-state index in [0.717, 1.165) is 60.1 Å². The third-order valence-electron chi connectivity index (χ3n) is 6.04. The first-order valence-corrected chi connectivity index (χ1v) is 11.9. The number of nitrogens with zero attached hydrogens (tertiary/aromatic N) is 6. The largest absolute Gasteiger partial charge is 0.481 e. The fourth-order valence-electron chi connectivity index (χ4n) is 4.32. The molecule has 4 rings (SSSR count). The molecule has 0 aromatic carbocycles. The van der Waals surface area contributed by atoms with E-state index in [0.29, 0.717) is 18.4 Å². The van der Waals surface area contributed by atoms with Crippen molar-refractivity contribution in [2.24, 2.45) is 0 Å². The van der Waals surface area contributed by atoms with Crippen LogP contribution in [0.1, 0.15) is 37.9 Å². The van der Waals surface area contributed by atoms with Crippen LogP contribution in [0.5, 0.6) is 5.88 Å². The number of aryl methyl sites for hydroxylation is 3. The quantitative estimate of drug-likeness (QED) is 0.511. The van der Waals surface area contributed by atoms with Gasteiger partial charge in [-0.2, -0.15) is 0 Å².